The molecule has 1 aromatic rings. The van der Waals surface area contributed by atoms with Gasteiger partial charge in [-0.05, 0) is 40.2 Å². The molecule has 0 spiro atoms. The second-order valence-corrected chi connectivity index (χ2v) is 6.37. The Morgan fingerprint density at radius 3 is 1.71 bits per heavy atom. The second-order valence-electron chi connectivity index (χ2n) is 6.37. The van der Waals surface area contributed by atoms with Crippen LogP contribution in [0, 0.1) is 5.92 Å². The van der Waals surface area contributed by atoms with Crippen LogP contribution in [0.2, 0.25) is 0 Å². The third-order valence-corrected chi connectivity index (χ3v) is 3.35. The van der Waals surface area contributed by atoms with Gasteiger partial charge in [0.25, 0.3) is 0 Å². The lowest BCUT2D eigenvalue weighted by Gasteiger charge is -2.25. The van der Waals surface area contributed by atoms with Crippen LogP contribution in [-0.2, 0) is 23.9 Å². The van der Waals surface area contributed by atoms with Crippen molar-refractivity contribution in [2.75, 3.05) is 0 Å². The van der Waals surface area contributed by atoms with E-state index in [1.165, 1.54) is 6.92 Å². The fourth-order valence-electron chi connectivity index (χ4n) is 2.47. The molecule has 0 aromatic heterocycles. The summed E-state index contributed by atoms with van der Waals surface area (Å²) in [6, 6.07) is 9.04. The number of benzene rings is 1. The third-order valence-electron chi connectivity index (χ3n) is 3.35. The smallest absolute Gasteiger partial charge is 0.321 e. The van der Waals surface area contributed by atoms with Gasteiger partial charge in [-0.15, -0.1) is 0 Å². The Morgan fingerprint density at radius 1 is 0.875 bits per heavy atom. The van der Waals surface area contributed by atoms with Crippen LogP contribution >= 0.6 is 0 Å². The van der Waals surface area contributed by atoms with Crippen molar-refractivity contribution < 1.29 is 23.9 Å². The van der Waals surface area contributed by atoms with Crippen molar-refractivity contribution in [3.63, 3.8) is 0 Å². The summed E-state index contributed by atoms with van der Waals surface area (Å²) in [6.07, 6.45) is -0.657. The molecular formula is C19H26O5. The summed E-state index contributed by atoms with van der Waals surface area (Å²) in [5.41, 5.74) is 0.735. The number of ketones is 1. The number of hydrogen-bond acceptors (Lipinski definition) is 5. The summed E-state index contributed by atoms with van der Waals surface area (Å²) in [5.74, 6) is -3.21. The van der Waals surface area contributed by atoms with Gasteiger partial charge >= 0.3 is 11.9 Å². The Labute approximate surface area is 143 Å². The van der Waals surface area contributed by atoms with E-state index in [1.54, 1.807) is 52.0 Å². The zero-order chi connectivity index (χ0) is 18.3. The molecule has 1 aromatic carbocycles. The second kappa shape index (κ2) is 9.21. The molecule has 5 nitrogen and oxygen atoms in total. The standard InChI is InChI=1S/C19H26O5/c1-12(2)23-18(21)17(19(22)24-13(3)4)16(11-14(5)20)15-9-7-6-8-10-15/h6-10,12-13,16-17H,11H2,1-5H3/t16-/m1/s1. The average molecular weight is 334 g/mol. The van der Waals surface area contributed by atoms with Crippen molar-refractivity contribution in [2.45, 2.75) is 59.2 Å². The topological polar surface area (TPSA) is 69.7 Å². The van der Waals surface area contributed by atoms with E-state index in [-0.39, 0.29) is 24.4 Å². The molecule has 1 atom stereocenters. The summed E-state index contributed by atoms with van der Waals surface area (Å²) in [7, 11) is 0. The first-order valence-corrected chi connectivity index (χ1v) is 8.17. The lowest BCUT2D eigenvalue weighted by molar-refractivity contribution is -0.167. The van der Waals surface area contributed by atoms with Crippen molar-refractivity contribution in [2.24, 2.45) is 5.92 Å². The van der Waals surface area contributed by atoms with Crippen LogP contribution in [0.5, 0.6) is 0 Å². The summed E-state index contributed by atoms with van der Waals surface area (Å²) < 4.78 is 10.5. The van der Waals surface area contributed by atoms with Crippen LogP contribution in [0.4, 0.5) is 0 Å². The van der Waals surface area contributed by atoms with E-state index in [0.717, 1.165) is 5.56 Å². The molecular weight excluding hydrogens is 308 g/mol. The number of carbonyl (C=O) groups excluding carboxylic acids is 3. The number of rotatable bonds is 8. The maximum atomic E-state index is 12.5. The number of Topliss-reactive ketones (excluding diaryl/α,β-unsaturated/α-hetero) is 1. The van der Waals surface area contributed by atoms with Gasteiger partial charge in [-0.3, -0.25) is 9.59 Å². The minimum absolute atomic E-state index is 0.0646. The molecule has 0 radical (unpaired) electrons. The van der Waals surface area contributed by atoms with E-state index in [4.69, 9.17) is 9.47 Å². The van der Waals surface area contributed by atoms with Crippen LogP contribution in [0.25, 0.3) is 0 Å². The summed E-state index contributed by atoms with van der Waals surface area (Å²) in [6.45, 7) is 8.29. The maximum absolute atomic E-state index is 12.5. The molecule has 24 heavy (non-hydrogen) atoms. The van der Waals surface area contributed by atoms with E-state index in [2.05, 4.69) is 0 Å². The molecule has 0 saturated heterocycles. The summed E-state index contributed by atoms with van der Waals surface area (Å²) in [4.78, 5) is 36.8. The molecule has 0 aliphatic heterocycles. The van der Waals surface area contributed by atoms with Gasteiger partial charge in [-0.1, -0.05) is 30.3 Å². The van der Waals surface area contributed by atoms with Crippen molar-refractivity contribution in [1.82, 2.24) is 0 Å². The van der Waals surface area contributed by atoms with E-state index in [9.17, 15) is 14.4 Å². The number of hydrogen-bond donors (Lipinski definition) is 0. The number of ether oxygens (including phenoxy) is 2. The minimum Gasteiger partial charge on any atom is -0.462 e. The minimum atomic E-state index is -1.17. The Bertz CT molecular complexity index is 540. The lowest BCUT2D eigenvalue weighted by Crippen LogP contribution is -2.36. The van der Waals surface area contributed by atoms with Gasteiger partial charge in [0, 0.05) is 12.3 Å². The predicted octanol–water partition coefficient (Wildman–Crippen LogP) is 3.27. The first-order valence-electron chi connectivity index (χ1n) is 8.17. The maximum Gasteiger partial charge on any atom is 0.321 e. The molecule has 0 aliphatic carbocycles. The Morgan fingerprint density at radius 2 is 1.33 bits per heavy atom. The third kappa shape index (κ3) is 6.14. The van der Waals surface area contributed by atoms with E-state index in [0.29, 0.717) is 0 Å². The Balaban J connectivity index is 3.25. The molecule has 132 valence electrons. The molecule has 0 bridgehead atoms. The zero-order valence-corrected chi connectivity index (χ0v) is 14.9. The molecule has 0 unspecified atom stereocenters. The van der Waals surface area contributed by atoms with Crippen molar-refractivity contribution in [1.29, 1.82) is 0 Å². The fourth-order valence-corrected chi connectivity index (χ4v) is 2.47. The Kier molecular flexibility index (Phi) is 7.62. The van der Waals surface area contributed by atoms with Crippen molar-refractivity contribution in [3.8, 4) is 0 Å². The molecule has 5 heteroatoms. The van der Waals surface area contributed by atoms with Crippen LogP contribution in [0.3, 0.4) is 0 Å². The van der Waals surface area contributed by atoms with Gasteiger partial charge in [0.2, 0.25) is 0 Å². The highest BCUT2D eigenvalue weighted by Crippen LogP contribution is 2.31. The van der Waals surface area contributed by atoms with Gasteiger partial charge in [0.05, 0.1) is 12.2 Å². The van der Waals surface area contributed by atoms with Gasteiger partial charge < -0.3 is 14.3 Å². The Hall–Kier alpha value is -2.17. The highest BCUT2D eigenvalue weighted by molar-refractivity contribution is 5.97. The van der Waals surface area contributed by atoms with Crippen LogP contribution in [-0.4, -0.2) is 29.9 Å². The largest absolute Gasteiger partial charge is 0.462 e. The highest BCUT2D eigenvalue weighted by atomic mass is 16.6. The molecule has 0 amide bonds. The average Bonchev–Trinajstić information content (AvgIpc) is 2.45. The van der Waals surface area contributed by atoms with Crippen LogP contribution in [0.1, 0.15) is 52.5 Å². The van der Waals surface area contributed by atoms with Gasteiger partial charge in [-0.2, -0.15) is 0 Å². The normalized spacial score (nSPS) is 12.3. The first-order chi connectivity index (χ1) is 11.2. The predicted molar refractivity (Wildman–Crippen MR) is 90.4 cm³/mol. The fraction of sp³-hybridized carbons (Fsp3) is 0.526. The van der Waals surface area contributed by atoms with Crippen LogP contribution < -0.4 is 0 Å². The SMILES string of the molecule is CC(=O)C[C@H](c1ccccc1)C(C(=O)OC(C)C)C(=O)OC(C)C. The van der Waals surface area contributed by atoms with E-state index < -0.39 is 23.8 Å². The first kappa shape index (κ1) is 19.9. The monoisotopic (exact) mass is 334 g/mol. The van der Waals surface area contributed by atoms with E-state index >= 15 is 0 Å². The van der Waals surface area contributed by atoms with Crippen LogP contribution in [0.15, 0.2) is 30.3 Å². The van der Waals surface area contributed by atoms with E-state index in [1.807, 2.05) is 6.07 Å². The van der Waals surface area contributed by atoms with Gasteiger partial charge in [0.1, 0.15) is 5.78 Å². The van der Waals surface area contributed by atoms with Crippen molar-refractivity contribution >= 4 is 17.7 Å². The lowest BCUT2D eigenvalue weighted by atomic mass is 9.82. The molecule has 0 fully saturated rings. The number of carbonyl (C=O) groups is 3. The molecule has 0 aliphatic rings. The molecule has 0 heterocycles. The molecule has 0 saturated carbocycles. The molecule has 0 N–H and O–H groups in total. The summed E-state index contributed by atoms with van der Waals surface area (Å²) in [5, 5.41) is 0. The van der Waals surface area contributed by atoms with Gasteiger partial charge in [-0.25, -0.2) is 0 Å². The molecule has 1 rings (SSSR count). The summed E-state index contributed by atoms with van der Waals surface area (Å²) >= 11 is 0. The highest BCUT2D eigenvalue weighted by Gasteiger charge is 2.39. The quantitative estimate of drug-likeness (QED) is 0.539. The zero-order valence-electron chi connectivity index (χ0n) is 14.9. The van der Waals surface area contributed by atoms with Gasteiger partial charge in [0.15, 0.2) is 5.92 Å². The van der Waals surface area contributed by atoms with Crippen molar-refractivity contribution in [3.05, 3.63) is 35.9 Å². The number of esters is 2.